The van der Waals surface area contributed by atoms with Crippen LogP contribution < -0.4 is 4.90 Å². The molecule has 0 unspecified atom stereocenters. The quantitative estimate of drug-likeness (QED) is 0.705. The van der Waals surface area contributed by atoms with Crippen molar-refractivity contribution in [1.82, 2.24) is 9.97 Å². The third-order valence-corrected chi connectivity index (χ3v) is 4.56. The van der Waals surface area contributed by atoms with Crippen LogP contribution in [0.2, 0.25) is 5.02 Å². The number of aromatic nitrogens is 2. The molecule has 126 valence electrons. The lowest BCUT2D eigenvalue weighted by molar-refractivity contribution is 0.122. The van der Waals surface area contributed by atoms with Crippen LogP contribution in [0.15, 0.2) is 48.5 Å². The summed E-state index contributed by atoms with van der Waals surface area (Å²) in [5.74, 6) is 0.894. The normalized spacial score (nSPS) is 15.2. The standard InChI is InChI=1S/C20H18ClN3O/c21-16-6-2-1-5-15(16)9-10-19-20(24-11-13-25-14-12-24)23-18-8-4-3-7-17(18)22-19/h1-10H,11-14H2/b10-9-. The zero-order chi connectivity index (χ0) is 17.1. The van der Waals surface area contributed by atoms with Crippen LogP contribution in [0.1, 0.15) is 11.3 Å². The van der Waals surface area contributed by atoms with Crippen molar-refractivity contribution in [2.45, 2.75) is 0 Å². The van der Waals surface area contributed by atoms with Crippen LogP contribution in [-0.2, 0) is 4.74 Å². The number of halogens is 1. The van der Waals surface area contributed by atoms with Crippen LogP contribution in [0.25, 0.3) is 23.2 Å². The highest BCUT2D eigenvalue weighted by molar-refractivity contribution is 6.32. The lowest BCUT2D eigenvalue weighted by Gasteiger charge is -2.28. The Kier molecular flexibility index (Phi) is 4.63. The largest absolute Gasteiger partial charge is 0.378 e. The summed E-state index contributed by atoms with van der Waals surface area (Å²) in [6.45, 7) is 3.06. The highest BCUT2D eigenvalue weighted by Gasteiger charge is 2.17. The SMILES string of the molecule is Clc1ccccc1/C=C\c1nc2ccccc2nc1N1CCOCC1. The van der Waals surface area contributed by atoms with E-state index in [1.807, 2.05) is 60.7 Å². The van der Waals surface area contributed by atoms with Gasteiger partial charge in [0.05, 0.1) is 24.2 Å². The zero-order valence-corrected chi connectivity index (χ0v) is 14.5. The highest BCUT2D eigenvalue weighted by Crippen LogP contribution is 2.24. The summed E-state index contributed by atoms with van der Waals surface area (Å²) in [6, 6.07) is 15.7. The van der Waals surface area contributed by atoms with Gasteiger partial charge in [-0.25, -0.2) is 9.97 Å². The van der Waals surface area contributed by atoms with E-state index in [2.05, 4.69) is 4.90 Å². The molecule has 0 amide bonds. The topological polar surface area (TPSA) is 38.2 Å². The van der Waals surface area contributed by atoms with Gasteiger partial charge in [0.1, 0.15) is 5.69 Å². The van der Waals surface area contributed by atoms with E-state index in [0.29, 0.717) is 13.2 Å². The second-order valence-corrected chi connectivity index (χ2v) is 6.28. The molecule has 0 spiro atoms. The van der Waals surface area contributed by atoms with Crippen LogP contribution in [0.4, 0.5) is 5.82 Å². The van der Waals surface area contributed by atoms with Crippen LogP contribution in [-0.4, -0.2) is 36.3 Å². The number of hydrogen-bond donors (Lipinski definition) is 0. The smallest absolute Gasteiger partial charge is 0.155 e. The van der Waals surface area contributed by atoms with Crippen LogP contribution in [0.5, 0.6) is 0 Å². The van der Waals surface area contributed by atoms with Gasteiger partial charge < -0.3 is 9.64 Å². The maximum absolute atomic E-state index is 6.26. The summed E-state index contributed by atoms with van der Waals surface area (Å²) in [5, 5.41) is 0.723. The van der Waals surface area contributed by atoms with Crippen LogP contribution in [0, 0.1) is 0 Å². The van der Waals surface area contributed by atoms with Crippen molar-refractivity contribution < 1.29 is 4.74 Å². The number of para-hydroxylation sites is 2. The Morgan fingerprint density at radius 1 is 0.880 bits per heavy atom. The van der Waals surface area contributed by atoms with Gasteiger partial charge >= 0.3 is 0 Å². The average molecular weight is 352 g/mol. The molecule has 1 aliphatic heterocycles. The molecule has 0 bridgehead atoms. The first-order chi connectivity index (χ1) is 12.3. The molecule has 2 aromatic carbocycles. The Balaban J connectivity index is 1.78. The lowest BCUT2D eigenvalue weighted by Crippen LogP contribution is -2.37. The van der Waals surface area contributed by atoms with Gasteiger partial charge in [-0.2, -0.15) is 0 Å². The molecule has 0 N–H and O–H groups in total. The average Bonchev–Trinajstić information content (AvgIpc) is 2.67. The third-order valence-electron chi connectivity index (χ3n) is 4.21. The number of benzene rings is 2. The first-order valence-electron chi connectivity index (χ1n) is 8.33. The minimum atomic E-state index is 0.710. The fourth-order valence-electron chi connectivity index (χ4n) is 2.90. The molecule has 0 radical (unpaired) electrons. The molecule has 1 saturated heterocycles. The molecule has 0 atom stereocenters. The number of hydrogen-bond acceptors (Lipinski definition) is 4. The first kappa shape index (κ1) is 16.1. The Morgan fingerprint density at radius 2 is 1.56 bits per heavy atom. The summed E-state index contributed by atoms with van der Waals surface area (Å²) in [6.07, 6.45) is 3.98. The van der Waals surface area contributed by atoms with Gasteiger partial charge in [-0.3, -0.25) is 0 Å². The van der Waals surface area contributed by atoms with E-state index < -0.39 is 0 Å². The summed E-state index contributed by atoms with van der Waals surface area (Å²) in [7, 11) is 0. The van der Waals surface area contributed by atoms with Crippen molar-refractivity contribution >= 4 is 40.6 Å². The molecule has 3 aromatic rings. The maximum atomic E-state index is 6.26. The first-order valence-corrected chi connectivity index (χ1v) is 8.71. The van der Waals surface area contributed by atoms with Gasteiger partial charge in [0.25, 0.3) is 0 Å². The second-order valence-electron chi connectivity index (χ2n) is 5.88. The Morgan fingerprint density at radius 3 is 2.32 bits per heavy atom. The van der Waals surface area contributed by atoms with Crippen molar-refractivity contribution in [3.63, 3.8) is 0 Å². The highest BCUT2D eigenvalue weighted by atomic mass is 35.5. The van der Waals surface area contributed by atoms with Gasteiger partial charge in [0.2, 0.25) is 0 Å². The fraction of sp³-hybridized carbons (Fsp3) is 0.200. The van der Waals surface area contributed by atoms with E-state index in [1.165, 1.54) is 0 Å². The Hall–Kier alpha value is -2.43. The number of fused-ring (bicyclic) bond motifs is 1. The lowest BCUT2D eigenvalue weighted by atomic mass is 10.2. The van der Waals surface area contributed by atoms with E-state index in [9.17, 15) is 0 Å². The molecule has 1 fully saturated rings. The monoisotopic (exact) mass is 351 g/mol. The Labute approximate surface area is 151 Å². The number of ether oxygens (including phenoxy) is 1. The van der Waals surface area contributed by atoms with Crippen molar-refractivity contribution in [2.75, 3.05) is 31.2 Å². The summed E-state index contributed by atoms with van der Waals surface area (Å²) in [4.78, 5) is 11.9. The molecule has 1 aromatic heterocycles. The minimum Gasteiger partial charge on any atom is -0.378 e. The van der Waals surface area contributed by atoms with Crippen LogP contribution >= 0.6 is 11.6 Å². The van der Waals surface area contributed by atoms with E-state index in [1.54, 1.807) is 0 Å². The molecule has 4 nitrogen and oxygen atoms in total. The van der Waals surface area contributed by atoms with Crippen molar-refractivity contribution in [3.8, 4) is 0 Å². The van der Waals surface area contributed by atoms with Crippen molar-refractivity contribution in [1.29, 1.82) is 0 Å². The number of nitrogens with zero attached hydrogens (tertiary/aromatic N) is 3. The molecule has 4 rings (SSSR count). The number of morpholine rings is 1. The summed E-state index contributed by atoms with van der Waals surface area (Å²) < 4.78 is 5.47. The molecular formula is C20H18ClN3O. The molecule has 5 heteroatoms. The Bertz CT molecular complexity index is 920. The van der Waals surface area contributed by atoms with Gasteiger partial charge in [-0.1, -0.05) is 48.0 Å². The maximum Gasteiger partial charge on any atom is 0.155 e. The molecule has 25 heavy (non-hydrogen) atoms. The van der Waals surface area contributed by atoms with Gasteiger partial charge in [-0.15, -0.1) is 0 Å². The molecule has 1 aliphatic rings. The molecule has 0 aliphatic carbocycles. The predicted molar refractivity (Wildman–Crippen MR) is 103 cm³/mol. The molecular weight excluding hydrogens is 334 g/mol. The zero-order valence-electron chi connectivity index (χ0n) is 13.7. The van der Waals surface area contributed by atoms with Crippen molar-refractivity contribution in [3.05, 3.63) is 64.8 Å². The van der Waals surface area contributed by atoms with Gasteiger partial charge in [0.15, 0.2) is 5.82 Å². The van der Waals surface area contributed by atoms with E-state index >= 15 is 0 Å². The van der Waals surface area contributed by atoms with E-state index in [0.717, 1.165) is 46.2 Å². The van der Waals surface area contributed by atoms with E-state index in [-0.39, 0.29) is 0 Å². The summed E-state index contributed by atoms with van der Waals surface area (Å²) >= 11 is 6.26. The van der Waals surface area contributed by atoms with Crippen LogP contribution in [0.3, 0.4) is 0 Å². The minimum absolute atomic E-state index is 0.710. The predicted octanol–water partition coefficient (Wildman–Crippen LogP) is 4.29. The van der Waals surface area contributed by atoms with Gasteiger partial charge in [-0.05, 0) is 29.8 Å². The van der Waals surface area contributed by atoms with Crippen molar-refractivity contribution in [2.24, 2.45) is 0 Å². The number of anilines is 1. The van der Waals surface area contributed by atoms with Gasteiger partial charge in [0, 0.05) is 18.1 Å². The molecule has 2 heterocycles. The summed E-state index contributed by atoms with van der Waals surface area (Å²) in [5.41, 5.74) is 3.60. The second kappa shape index (κ2) is 7.21. The third kappa shape index (κ3) is 3.50. The number of rotatable bonds is 3. The fourth-order valence-corrected chi connectivity index (χ4v) is 3.10. The van der Waals surface area contributed by atoms with E-state index in [4.69, 9.17) is 26.3 Å². The molecule has 0 saturated carbocycles.